The van der Waals surface area contributed by atoms with Crippen LogP contribution in [0.3, 0.4) is 0 Å². The van der Waals surface area contributed by atoms with Crippen molar-refractivity contribution in [3.8, 4) is 11.4 Å². The van der Waals surface area contributed by atoms with Crippen LogP contribution in [0.1, 0.15) is 5.89 Å². The Hall–Kier alpha value is -1.10. The fourth-order valence-electron chi connectivity index (χ4n) is 1.12. The van der Waals surface area contributed by atoms with Crippen molar-refractivity contribution in [2.75, 3.05) is 0 Å². The molecule has 0 aliphatic heterocycles. The van der Waals surface area contributed by atoms with E-state index in [1.165, 1.54) is 0 Å². The molecule has 0 saturated carbocycles. The van der Waals surface area contributed by atoms with Gasteiger partial charge in [0.2, 0.25) is 5.82 Å². The number of rotatable bonds is 2. The summed E-state index contributed by atoms with van der Waals surface area (Å²) < 4.78 is 4.75. The normalized spacial score (nSPS) is 10.6. The first-order valence-corrected chi connectivity index (χ1v) is 4.84. The van der Waals surface area contributed by atoms with Crippen molar-refractivity contribution in [3.63, 3.8) is 0 Å². The summed E-state index contributed by atoms with van der Waals surface area (Å²) in [6.45, 7) is -0.290. The summed E-state index contributed by atoms with van der Waals surface area (Å²) in [6.07, 6.45) is 0. The molecule has 2 aromatic rings. The lowest BCUT2D eigenvalue weighted by Crippen LogP contribution is -1.83. The van der Waals surface area contributed by atoms with Crippen LogP contribution < -0.4 is 0 Å². The van der Waals surface area contributed by atoms with Crippen molar-refractivity contribution in [1.29, 1.82) is 0 Å². The Labute approximate surface area is 95.4 Å². The predicted octanol–water partition coefficient (Wildman–Crippen LogP) is 2.54. The van der Waals surface area contributed by atoms with Gasteiger partial charge in [-0.05, 0) is 18.2 Å². The minimum Gasteiger partial charge on any atom is -0.387 e. The van der Waals surface area contributed by atoms with E-state index in [4.69, 9.17) is 32.8 Å². The Morgan fingerprint density at radius 3 is 2.40 bits per heavy atom. The largest absolute Gasteiger partial charge is 0.387 e. The number of benzene rings is 1. The zero-order chi connectivity index (χ0) is 10.8. The highest BCUT2D eigenvalue weighted by Gasteiger charge is 2.08. The standard InChI is InChI=1S/C9H6Cl2N2O2/c10-6-1-5(2-7(11)3-6)9-12-8(4-14)15-13-9/h1-3,14H,4H2. The van der Waals surface area contributed by atoms with Crippen LogP contribution >= 0.6 is 23.2 Å². The summed E-state index contributed by atoms with van der Waals surface area (Å²) in [5.41, 5.74) is 0.649. The quantitative estimate of drug-likeness (QED) is 0.883. The summed E-state index contributed by atoms with van der Waals surface area (Å²) in [4.78, 5) is 3.94. The van der Waals surface area contributed by atoms with Crippen LogP contribution in [0.2, 0.25) is 10.0 Å². The van der Waals surface area contributed by atoms with Crippen molar-refractivity contribution in [2.45, 2.75) is 6.61 Å². The highest BCUT2D eigenvalue weighted by Crippen LogP contribution is 2.25. The maximum atomic E-state index is 8.76. The van der Waals surface area contributed by atoms with Crippen molar-refractivity contribution >= 4 is 23.2 Å². The Bertz CT molecular complexity index is 464. The molecule has 0 amide bonds. The molecule has 1 N–H and O–H groups in total. The van der Waals surface area contributed by atoms with Gasteiger partial charge in [0.25, 0.3) is 5.89 Å². The third kappa shape index (κ3) is 2.28. The number of aliphatic hydroxyl groups is 1. The lowest BCUT2D eigenvalue weighted by molar-refractivity contribution is 0.222. The van der Waals surface area contributed by atoms with E-state index in [9.17, 15) is 0 Å². The van der Waals surface area contributed by atoms with Crippen LogP contribution in [0.15, 0.2) is 22.7 Å². The van der Waals surface area contributed by atoms with Crippen LogP contribution in [-0.2, 0) is 6.61 Å². The third-order valence-corrected chi connectivity index (χ3v) is 2.16. The van der Waals surface area contributed by atoms with E-state index in [0.29, 0.717) is 21.4 Å². The fourth-order valence-corrected chi connectivity index (χ4v) is 1.65. The van der Waals surface area contributed by atoms with E-state index >= 15 is 0 Å². The van der Waals surface area contributed by atoms with Gasteiger partial charge in [-0.15, -0.1) is 0 Å². The van der Waals surface area contributed by atoms with Gasteiger partial charge in [0.1, 0.15) is 6.61 Å². The summed E-state index contributed by atoms with van der Waals surface area (Å²) in [6, 6.07) is 4.94. The average Bonchev–Trinajstić information content (AvgIpc) is 2.64. The molecule has 1 aromatic carbocycles. The zero-order valence-electron chi connectivity index (χ0n) is 7.44. The van der Waals surface area contributed by atoms with E-state index in [1.54, 1.807) is 18.2 Å². The van der Waals surface area contributed by atoms with Crippen LogP contribution in [-0.4, -0.2) is 15.2 Å². The SMILES string of the molecule is OCc1nc(-c2cc(Cl)cc(Cl)c2)no1. The maximum absolute atomic E-state index is 8.76. The second-order valence-corrected chi connectivity index (χ2v) is 3.70. The van der Waals surface area contributed by atoms with Gasteiger partial charge in [0.15, 0.2) is 0 Å². The van der Waals surface area contributed by atoms with Crippen molar-refractivity contribution in [2.24, 2.45) is 0 Å². The molecule has 0 fully saturated rings. The first-order valence-electron chi connectivity index (χ1n) is 4.09. The minimum absolute atomic E-state index is 0.154. The average molecular weight is 245 g/mol. The summed E-state index contributed by atoms with van der Waals surface area (Å²) in [7, 11) is 0. The van der Waals surface area contributed by atoms with Gasteiger partial charge >= 0.3 is 0 Å². The number of hydrogen-bond acceptors (Lipinski definition) is 4. The van der Waals surface area contributed by atoms with Crippen LogP contribution in [0.25, 0.3) is 11.4 Å². The minimum atomic E-state index is -0.290. The third-order valence-electron chi connectivity index (χ3n) is 1.72. The van der Waals surface area contributed by atoms with Gasteiger partial charge in [-0.1, -0.05) is 28.4 Å². The molecule has 0 spiro atoms. The molecule has 0 atom stereocenters. The monoisotopic (exact) mass is 244 g/mol. The first-order chi connectivity index (χ1) is 7.19. The van der Waals surface area contributed by atoms with Gasteiger partial charge in [-0.25, -0.2) is 0 Å². The van der Waals surface area contributed by atoms with Gasteiger partial charge in [-0.3, -0.25) is 0 Å². The molecule has 0 unspecified atom stereocenters. The number of nitrogens with zero attached hydrogens (tertiary/aromatic N) is 2. The van der Waals surface area contributed by atoms with Gasteiger partial charge < -0.3 is 9.63 Å². The van der Waals surface area contributed by atoms with E-state index in [2.05, 4.69) is 10.1 Å². The van der Waals surface area contributed by atoms with E-state index < -0.39 is 0 Å². The second-order valence-electron chi connectivity index (χ2n) is 2.83. The highest BCUT2D eigenvalue weighted by molar-refractivity contribution is 6.35. The second kappa shape index (κ2) is 4.18. The Morgan fingerprint density at radius 2 is 1.87 bits per heavy atom. The summed E-state index contributed by atoms with van der Waals surface area (Å²) in [5.74, 6) is 0.504. The Balaban J connectivity index is 2.44. The van der Waals surface area contributed by atoms with Crippen LogP contribution in [0, 0.1) is 0 Å². The molecule has 0 saturated heterocycles. The van der Waals surface area contributed by atoms with Crippen molar-refractivity contribution in [3.05, 3.63) is 34.1 Å². The zero-order valence-corrected chi connectivity index (χ0v) is 8.96. The Morgan fingerprint density at radius 1 is 1.20 bits per heavy atom. The summed E-state index contributed by atoms with van der Waals surface area (Å²) in [5, 5.41) is 13.4. The molecule has 0 radical (unpaired) electrons. The molecular weight excluding hydrogens is 239 g/mol. The van der Waals surface area contributed by atoms with E-state index in [1.807, 2.05) is 0 Å². The van der Waals surface area contributed by atoms with E-state index in [-0.39, 0.29) is 12.5 Å². The lowest BCUT2D eigenvalue weighted by Gasteiger charge is -1.96. The molecule has 0 aliphatic rings. The molecule has 2 rings (SSSR count). The fraction of sp³-hybridized carbons (Fsp3) is 0.111. The molecule has 0 aliphatic carbocycles. The van der Waals surface area contributed by atoms with Gasteiger partial charge in [0, 0.05) is 15.6 Å². The summed E-state index contributed by atoms with van der Waals surface area (Å²) >= 11 is 11.6. The molecular formula is C9H6Cl2N2O2. The molecule has 0 bridgehead atoms. The first kappa shape index (κ1) is 10.4. The Kier molecular flexibility index (Phi) is 2.90. The van der Waals surface area contributed by atoms with Crippen LogP contribution in [0.4, 0.5) is 0 Å². The van der Waals surface area contributed by atoms with Gasteiger partial charge in [0.05, 0.1) is 0 Å². The van der Waals surface area contributed by atoms with Crippen molar-refractivity contribution in [1.82, 2.24) is 10.1 Å². The number of halogens is 2. The lowest BCUT2D eigenvalue weighted by atomic mass is 10.2. The molecule has 15 heavy (non-hydrogen) atoms. The van der Waals surface area contributed by atoms with E-state index in [0.717, 1.165) is 0 Å². The molecule has 1 aromatic heterocycles. The van der Waals surface area contributed by atoms with Crippen LogP contribution in [0.5, 0.6) is 0 Å². The topological polar surface area (TPSA) is 59.2 Å². The number of hydrogen-bond donors (Lipinski definition) is 1. The molecule has 6 heteroatoms. The predicted molar refractivity (Wildman–Crippen MR) is 55.7 cm³/mol. The molecule has 1 heterocycles. The molecule has 78 valence electrons. The smallest absolute Gasteiger partial charge is 0.252 e. The number of aliphatic hydroxyl groups excluding tert-OH is 1. The maximum Gasteiger partial charge on any atom is 0.252 e. The molecule has 4 nitrogen and oxygen atoms in total. The van der Waals surface area contributed by atoms with Crippen molar-refractivity contribution < 1.29 is 9.63 Å². The van der Waals surface area contributed by atoms with Gasteiger partial charge in [-0.2, -0.15) is 4.98 Å². The number of aromatic nitrogens is 2. The highest BCUT2D eigenvalue weighted by atomic mass is 35.5.